The number of allylic oxidation sites excluding steroid dienone is 1. The lowest BCUT2D eigenvalue weighted by molar-refractivity contribution is 0.0578. The normalized spacial score (nSPS) is 12.2. The van der Waals surface area contributed by atoms with Crippen molar-refractivity contribution in [3.8, 4) is 0 Å². The summed E-state index contributed by atoms with van der Waals surface area (Å²) in [7, 11) is -2.87. The molecule has 204 valence electrons. The van der Waals surface area contributed by atoms with E-state index in [1.807, 2.05) is 0 Å². The van der Waals surface area contributed by atoms with E-state index in [-0.39, 0.29) is 0 Å². The number of hydrogen-bond donors (Lipinski definition) is 0. The molecule has 0 amide bonds. The number of rotatable bonds is 28. The van der Waals surface area contributed by atoms with Crippen LogP contribution in [-0.4, -0.2) is 68.3 Å². The molecule has 0 fully saturated rings. The van der Waals surface area contributed by atoms with Gasteiger partial charge >= 0.3 is 8.80 Å². The van der Waals surface area contributed by atoms with Crippen LogP contribution < -0.4 is 0 Å². The lowest BCUT2D eigenvalue weighted by atomic mass is 10.2. The molecule has 0 atom stereocenters. The Morgan fingerprint density at radius 2 is 0.824 bits per heavy atom. The maximum atomic E-state index is 6.40. The molecule has 0 spiro atoms. The van der Waals surface area contributed by atoms with Gasteiger partial charge in [0.2, 0.25) is 0 Å². The third kappa shape index (κ3) is 22.2. The van der Waals surface area contributed by atoms with Gasteiger partial charge < -0.3 is 27.5 Å². The van der Waals surface area contributed by atoms with E-state index >= 15 is 0 Å². The highest BCUT2D eigenvalue weighted by molar-refractivity contribution is 6.66. The quantitative estimate of drug-likeness (QED) is 0.0855. The van der Waals surface area contributed by atoms with Crippen LogP contribution in [-0.2, 0) is 27.5 Å². The third-order valence-corrected chi connectivity index (χ3v) is 7.51. The van der Waals surface area contributed by atoms with E-state index in [9.17, 15) is 0 Å². The molecule has 0 rings (SSSR count). The fourth-order valence-electron chi connectivity index (χ4n) is 3.12. The molecule has 34 heavy (non-hydrogen) atoms. The van der Waals surface area contributed by atoms with Crippen LogP contribution in [0.3, 0.4) is 0 Å². The van der Waals surface area contributed by atoms with Crippen molar-refractivity contribution in [2.45, 2.75) is 105 Å². The molecule has 6 nitrogen and oxygen atoms in total. The van der Waals surface area contributed by atoms with Gasteiger partial charge in [0.05, 0.1) is 0 Å². The van der Waals surface area contributed by atoms with E-state index in [4.69, 9.17) is 27.5 Å². The lowest BCUT2D eigenvalue weighted by Gasteiger charge is -2.27. The smallest absolute Gasteiger partial charge is 0.381 e. The van der Waals surface area contributed by atoms with Crippen molar-refractivity contribution in [3.63, 3.8) is 0 Å². The Bertz CT molecular complexity index is 376. The Kier molecular flexibility index (Phi) is 27.1. The summed E-state index contributed by atoms with van der Waals surface area (Å²) in [5.41, 5.74) is 2.12. The predicted molar refractivity (Wildman–Crippen MR) is 143 cm³/mol. The van der Waals surface area contributed by atoms with Crippen LogP contribution in [0.15, 0.2) is 11.8 Å². The first-order valence-corrected chi connectivity index (χ1v) is 15.9. The van der Waals surface area contributed by atoms with E-state index < -0.39 is 8.80 Å². The molecule has 0 unspecified atom stereocenters. The van der Waals surface area contributed by atoms with Gasteiger partial charge in [-0.3, -0.25) is 0 Å². The van der Waals surface area contributed by atoms with Crippen LogP contribution in [0, 0.1) is 0 Å². The zero-order chi connectivity index (χ0) is 25.0. The molecule has 0 aromatic carbocycles. The van der Waals surface area contributed by atoms with E-state index in [2.05, 4.69) is 39.5 Å². The zero-order valence-electron chi connectivity index (χ0n) is 23.0. The summed E-state index contributed by atoms with van der Waals surface area (Å²) in [6, 6.07) is 0. The third-order valence-electron chi connectivity index (χ3n) is 5.05. The minimum Gasteiger partial charge on any atom is -0.381 e. The van der Waals surface area contributed by atoms with Crippen LogP contribution in [0.5, 0.6) is 0 Å². The van der Waals surface area contributed by atoms with Gasteiger partial charge in [-0.1, -0.05) is 46.6 Å². The summed E-state index contributed by atoms with van der Waals surface area (Å²) < 4.78 is 36.0. The summed E-state index contributed by atoms with van der Waals surface area (Å²) >= 11 is 0. The molecule has 0 bridgehead atoms. The number of unbranched alkanes of at least 4 members (excludes halogenated alkanes) is 5. The average Bonchev–Trinajstić information content (AvgIpc) is 2.85. The molecule has 0 aromatic rings. The van der Waals surface area contributed by atoms with Crippen LogP contribution in [0.1, 0.15) is 105 Å². The van der Waals surface area contributed by atoms with Gasteiger partial charge in [0.25, 0.3) is 0 Å². The molecule has 0 aliphatic rings. The average molecular weight is 505 g/mol. The highest BCUT2D eigenvalue weighted by Crippen LogP contribution is 2.16. The molecule has 0 aromatic heterocycles. The Hall–Kier alpha value is -0.283. The highest BCUT2D eigenvalue weighted by Gasteiger charge is 2.38. The molecule has 0 heterocycles. The maximum absolute atomic E-state index is 6.40. The predicted octanol–water partition coefficient (Wildman–Crippen LogP) is 6.88. The van der Waals surface area contributed by atoms with E-state index in [0.29, 0.717) is 19.8 Å². The Balaban J connectivity index is 4.77. The van der Waals surface area contributed by atoms with Gasteiger partial charge in [-0.15, -0.1) is 0 Å². The minimum absolute atomic E-state index is 0.638. The van der Waals surface area contributed by atoms with Gasteiger partial charge in [0.15, 0.2) is 0 Å². The first-order valence-electron chi connectivity index (χ1n) is 14.1. The van der Waals surface area contributed by atoms with Gasteiger partial charge in [-0.05, 0) is 69.9 Å². The van der Waals surface area contributed by atoms with Gasteiger partial charge in [-0.2, -0.15) is 0 Å². The summed E-state index contributed by atoms with van der Waals surface area (Å²) in [4.78, 5) is 0. The van der Waals surface area contributed by atoms with Crippen molar-refractivity contribution >= 4 is 8.80 Å². The molecule has 7 heteroatoms. The second-order valence-electron chi connectivity index (χ2n) is 8.65. The van der Waals surface area contributed by atoms with Crippen LogP contribution in [0.2, 0.25) is 0 Å². The fourth-order valence-corrected chi connectivity index (χ4v) is 5.40. The lowest BCUT2D eigenvalue weighted by Crippen LogP contribution is -2.45. The first kappa shape index (κ1) is 33.7. The SMILES string of the molecule is CCCCC=C[Si](OCCCCOCCC)(OCCCCOCCC)OCCCCOCCC. The zero-order valence-corrected chi connectivity index (χ0v) is 24.0. The Morgan fingerprint density at radius 3 is 1.18 bits per heavy atom. The van der Waals surface area contributed by atoms with Gasteiger partial charge in [0.1, 0.15) is 0 Å². The van der Waals surface area contributed by atoms with Crippen molar-refractivity contribution in [1.82, 2.24) is 0 Å². The second kappa shape index (κ2) is 27.3. The second-order valence-corrected chi connectivity index (χ2v) is 11.1. The van der Waals surface area contributed by atoms with Gasteiger partial charge in [0, 0.05) is 59.5 Å². The molecular formula is C27H56O6Si. The summed E-state index contributed by atoms with van der Waals surface area (Å²) in [6.07, 6.45) is 14.6. The maximum Gasteiger partial charge on any atom is 0.529 e. The fraction of sp³-hybridized carbons (Fsp3) is 0.926. The van der Waals surface area contributed by atoms with E-state index in [0.717, 1.165) is 104 Å². The van der Waals surface area contributed by atoms with Crippen molar-refractivity contribution in [3.05, 3.63) is 11.8 Å². The summed E-state index contributed by atoms with van der Waals surface area (Å²) in [6.45, 7) is 15.4. The largest absolute Gasteiger partial charge is 0.529 e. The highest BCUT2D eigenvalue weighted by atomic mass is 28.4. The van der Waals surface area contributed by atoms with Crippen molar-refractivity contribution < 1.29 is 27.5 Å². The monoisotopic (exact) mass is 504 g/mol. The van der Waals surface area contributed by atoms with Gasteiger partial charge in [-0.25, -0.2) is 0 Å². The number of ether oxygens (including phenoxy) is 3. The van der Waals surface area contributed by atoms with Crippen LogP contribution >= 0.6 is 0 Å². The van der Waals surface area contributed by atoms with E-state index in [1.54, 1.807) is 0 Å². The molecule has 0 saturated heterocycles. The molecular weight excluding hydrogens is 448 g/mol. The standard InChI is InChI=1S/C27H56O6Si/c1-5-9-10-17-27-34(31-24-14-11-21-28-18-6-2,32-25-15-12-22-29-19-7-3)33-26-16-13-23-30-20-8-4/h17,27H,5-16,18-26H2,1-4H3. The molecule has 0 aliphatic heterocycles. The van der Waals surface area contributed by atoms with Crippen molar-refractivity contribution in [2.75, 3.05) is 59.5 Å². The molecule has 0 aliphatic carbocycles. The Labute approximate surface area is 212 Å². The minimum atomic E-state index is -2.87. The molecule has 0 radical (unpaired) electrons. The van der Waals surface area contributed by atoms with Crippen LogP contribution in [0.4, 0.5) is 0 Å². The Morgan fingerprint density at radius 1 is 0.441 bits per heavy atom. The topological polar surface area (TPSA) is 55.4 Å². The van der Waals surface area contributed by atoms with Crippen LogP contribution in [0.25, 0.3) is 0 Å². The van der Waals surface area contributed by atoms with Crippen molar-refractivity contribution in [2.24, 2.45) is 0 Å². The molecule has 0 saturated carbocycles. The number of hydrogen-bond acceptors (Lipinski definition) is 6. The molecule has 0 N–H and O–H groups in total. The van der Waals surface area contributed by atoms with Crippen molar-refractivity contribution in [1.29, 1.82) is 0 Å². The summed E-state index contributed by atoms with van der Waals surface area (Å²) in [5.74, 6) is 0. The first-order chi connectivity index (χ1) is 16.7. The van der Waals surface area contributed by atoms with E-state index in [1.165, 1.54) is 12.8 Å². The summed E-state index contributed by atoms with van der Waals surface area (Å²) in [5, 5.41) is 0.